The van der Waals surface area contributed by atoms with Crippen LogP contribution in [-0.4, -0.2) is 58.2 Å². The van der Waals surface area contributed by atoms with Crippen LogP contribution in [0.25, 0.3) is 0 Å². The van der Waals surface area contributed by atoms with E-state index in [2.05, 4.69) is 4.74 Å². The number of rotatable bonds is 2. The zero-order chi connectivity index (χ0) is 17.0. The molecular formula is C14H14O9. The van der Waals surface area contributed by atoms with Crippen molar-refractivity contribution >= 4 is 11.9 Å². The lowest BCUT2D eigenvalue weighted by Gasteiger charge is -2.14. The predicted octanol–water partition coefficient (Wildman–Crippen LogP) is -0.510. The van der Waals surface area contributed by atoms with Crippen molar-refractivity contribution in [2.75, 3.05) is 13.2 Å². The third kappa shape index (κ3) is 4.27. The molecule has 2 heterocycles. The van der Waals surface area contributed by atoms with Gasteiger partial charge in [-0.1, -0.05) is 0 Å². The van der Waals surface area contributed by atoms with E-state index in [0.717, 1.165) is 12.2 Å². The first-order valence-electron chi connectivity index (χ1n) is 6.45. The van der Waals surface area contributed by atoms with Crippen molar-refractivity contribution in [1.29, 1.82) is 0 Å². The molecule has 23 heavy (non-hydrogen) atoms. The Hall–Kier alpha value is -2.46. The lowest BCUT2D eigenvalue weighted by atomic mass is 10.2. The maximum Gasteiger partial charge on any atom is 0.347 e. The summed E-state index contributed by atoms with van der Waals surface area (Å²) in [4.78, 5) is 23.8. The van der Waals surface area contributed by atoms with E-state index < -0.39 is 35.7 Å². The van der Waals surface area contributed by atoms with E-state index in [-0.39, 0.29) is 24.7 Å². The number of esters is 2. The molecule has 2 rings (SSSR count). The Morgan fingerprint density at radius 1 is 0.913 bits per heavy atom. The maximum absolute atomic E-state index is 11.9. The van der Waals surface area contributed by atoms with Crippen molar-refractivity contribution in [2.45, 2.75) is 12.6 Å². The van der Waals surface area contributed by atoms with Gasteiger partial charge in [-0.25, -0.2) is 9.59 Å². The minimum atomic E-state index is -1.70. The summed E-state index contributed by atoms with van der Waals surface area (Å²) in [6, 6.07) is 0. The summed E-state index contributed by atoms with van der Waals surface area (Å²) >= 11 is 0. The van der Waals surface area contributed by atoms with Crippen LogP contribution in [-0.2, 0) is 23.8 Å². The Morgan fingerprint density at radius 3 is 1.70 bits per heavy atom. The number of allylic oxidation sites excluding steroid dienone is 2. The number of carbonyl (C=O) groups is 2. The van der Waals surface area contributed by atoms with Crippen molar-refractivity contribution in [3.05, 3.63) is 47.0 Å². The van der Waals surface area contributed by atoms with Crippen LogP contribution >= 0.6 is 0 Å². The normalized spacial score (nSPS) is 25.1. The highest BCUT2D eigenvalue weighted by molar-refractivity contribution is 6.02. The summed E-state index contributed by atoms with van der Waals surface area (Å²) < 4.78 is 14.1. The van der Waals surface area contributed by atoms with E-state index >= 15 is 0 Å². The van der Waals surface area contributed by atoms with Crippen LogP contribution in [0.4, 0.5) is 0 Å². The average molecular weight is 326 g/mol. The average Bonchev–Trinajstić information content (AvgIpc) is 2.75. The smallest absolute Gasteiger partial charge is 0.347 e. The summed E-state index contributed by atoms with van der Waals surface area (Å²) in [5, 5.41) is 38.1. The molecule has 0 radical (unpaired) electrons. The second-order valence-corrected chi connectivity index (χ2v) is 4.51. The van der Waals surface area contributed by atoms with Crippen LogP contribution in [0.3, 0.4) is 0 Å². The van der Waals surface area contributed by atoms with Gasteiger partial charge in [0.1, 0.15) is 11.5 Å². The Bertz CT molecular complexity index is 572. The highest BCUT2D eigenvalue weighted by Crippen LogP contribution is 2.17. The molecule has 0 amide bonds. The quantitative estimate of drug-likeness (QED) is 0.389. The molecule has 0 fully saturated rings. The largest absolute Gasteiger partial charge is 0.508 e. The number of hydrogen-bond acceptors (Lipinski definition) is 9. The molecule has 0 saturated heterocycles. The fraction of sp³-hybridized carbons (Fsp3) is 0.286. The molecule has 124 valence electrons. The van der Waals surface area contributed by atoms with Crippen molar-refractivity contribution < 1.29 is 44.2 Å². The fourth-order valence-electron chi connectivity index (χ4n) is 1.73. The molecule has 0 aromatic carbocycles. The summed E-state index contributed by atoms with van der Waals surface area (Å²) in [7, 11) is 0. The zero-order valence-corrected chi connectivity index (χ0v) is 11.7. The molecule has 4 N–H and O–H groups in total. The molecule has 0 aromatic rings. The zero-order valence-electron chi connectivity index (χ0n) is 11.7. The van der Waals surface area contributed by atoms with Gasteiger partial charge in [-0.3, -0.25) is 0 Å². The van der Waals surface area contributed by atoms with Crippen molar-refractivity contribution in [3.63, 3.8) is 0 Å². The van der Waals surface area contributed by atoms with Gasteiger partial charge in [0.25, 0.3) is 0 Å². The van der Waals surface area contributed by atoms with Crippen LogP contribution in [0.1, 0.15) is 0 Å². The molecule has 0 spiro atoms. The van der Waals surface area contributed by atoms with Gasteiger partial charge in [0.2, 0.25) is 0 Å². The SMILES string of the molecule is O=C(OC(=O)C1=CC(O)=CCOC1O)C1=CC(O)=CCOC1O. The van der Waals surface area contributed by atoms with E-state index in [1.54, 1.807) is 0 Å². The summed E-state index contributed by atoms with van der Waals surface area (Å²) in [5.74, 6) is -3.27. The lowest BCUT2D eigenvalue weighted by Crippen LogP contribution is -2.28. The molecule has 2 aliphatic rings. The van der Waals surface area contributed by atoms with Gasteiger partial charge in [-0.2, -0.15) is 0 Å². The van der Waals surface area contributed by atoms with Gasteiger partial charge in [0.05, 0.1) is 24.4 Å². The van der Waals surface area contributed by atoms with Gasteiger partial charge in [0.15, 0.2) is 12.6 Å². The fourth-order valence-corrected chi connectivity index (χ4v) is 1.73. The predicted molar refractivity (Wildman–Crippen MR) is 72.6 cm³/mol. The van der Waals surface area contributed by atoms with E-state index in [1.807, 2.05) is 0 Å². The molecule has 2 aliphatic heterocycles. The molecule has 0 saturated carbocycles. The van der Waals surface area contributed by atoms with Crippen LogP contribution in [0.15, 0.2) is 47.0 Å². The topological polar surface area (TPSA) is 143 Å². The second kappa shape index (κ2) is 7.20. The van der Waals surface area contributed by atoms with Gasteiger partial charge < -0.3 is 34.6 Å². The molecule has 0 aliphatic carbocycles. The Balaban J connectivity index is 2.14. The first-order chi connectivity index (χ1) is 10.9. The summed E-state index contributed by atoms with van der Waals surface area (Å²) in [5.41, 5.74) is -1.01. The summed E-state index contributed by atoms with van der Waals surface area (Å²) in [6.07, 6.45) is 0.764. The van der Waals surface area contributed by atoms with Crippen molar-refractivity contribution in [2.24, 2.45) is 0 Å². The molecule has 0 aromatic heterocycles. The highest BCUT2D eigenvalue weighted by atomic mass is 16.6. The molecule has 0 bridgehead atoms. The van der Waals surface area contributed by atoms with E-state index in [4.69, 9.17) is 9.47 Å². The molecule has 2 unspecified atom stereocenters. The third-order valence-electron chi connectivity index (χ3n) is 2.89. The van der Waals surface area contributed by atoms with E-state index in [9.17, 15) is 30.0 Å². The van der Waals surface area contributed by atoms with Crippen LogP contribution in [0.5, 0.6) is 0 Å². The second-order valence-electron chi connectivity index (χ2n) is 4.51. The third-order valence-corrected chi connectivity index (χ3v) is 2.89. The van der Waals surface area contributed by atoms with E-state index in [0.29, 0.717) is 0 Å². The van der Waals surface area contributed by atoms with Crippen molar-refractivity contribution in [1.82, 2.24) is 0 Å². The summed E-state index contributed by atoms with van der Waals surface area (Å²) in [6.45, 7) is -0.296. The first kappa shape index (κ1) is 16.9. The monoisotopic (exact) mass is 326 g/mol. The number of aliphatic hydroxyl groups is 4. The minimum absolute atomic E-state index is 0.148. The van der Waals surface area contributed by atoms with Crippen LogP contribution in [0, 0.1) is 0 Å². The molecule has 2 atom stereocenters. The Morgan fingerprint density at radius 2 is 1.30 bits per heavy atom. The van der Waals surface area contributed by atoms with Gasteiger partial charge in [-0.15, -0.1) is 0 Å². The standard InChI is InChI=1S/C14H14O9/c15-7-1-3-21-11(17)9(5-7)13(19)23-14(20)10-6-8(16)2-4-22-12(10)18/h1-2,5-6,11-12,15-18H,3-4H2. The van der Waals surface area contributed by atoms with Crippen molar-refractivity contribution in [3.8, 4) is 0 Å². The van der Waals surface area contributed by atoms with Gasteiger partial charge >= 0.3 is 11.9 Å². The maximum atomic E-state index is 11.9. The number of aliphatic hydroxyl groups excluding tert-OH is 4. The highest BCUT2D eigenvalue weighted by Gasteiger charge is 2.29. The van der Waals surface area contributed by atoms with Crippen LogP contribution in [0.2, 0.25) is 0 Å². The minimum Gasteiger partial charge on any atom is -0.508 e. The number of carbonyl (C=O) groups excluding carboxylic acids is 2. The lowest BCUT2D eigenvalue weighted by molar-refractivity contribution is -0.159. The molecular weight excluding hydrogens is 312 g/mol. The van der Waals surface area contributed by atoms with E-state index in [1.165, 1.54) is 12.2 Å². The molecule has 9 nitrogen and oxygen atoms in total. The van der Waals surface area contributed by atoms with Gasteiger partial charge in [0, 0.05) is 0 Å². The van der Waals surface area contributed by atoms with Gasteiger partial charge in [-0.05, 0) is 24.3 Å². The Kier molecular flexibility index (Phi) is 5.29. The molecule has 9 heteroatoms. The Labute approximate surface area is 130 Å². The number of hydrogen-bond donors (Lipinski definition) is 4. The van der Waals surface area contributed by atoms with Crippen LogP contribution < -0.4 is 0 Å². The first-order valence-corrected chi connectivity index (χ1v) is 6.45. The number of ether oxygens (including phenoxy) is 3.